The number of aromatic nitrogens is 1. The number of amides is 1. The fourth-order valence-corrected chi connectivity index (χ4v) is 4.08. The SMILES string of the molecule is Cc1cc([C@@H]2CCCN2C(=O)C2CCN(Cc3ccco3)CC2)no1. The summed E-state index contributed by atoms with van der Waals surface area (Å²) in [5, 5.41) is 4.14. The van der Waals surface area contributed by atoms with Gasteiger partial charge in [0, 0.05) is 18.5 Å². The van der Waals surface area contributed by atoms with Crippen LogP contribution < -0.4 is 0 Å². The average molecular weight is 343 g/mol. The molecule has 0 radical (unpaired) electrons. The molecule has 4 rings (SSSR count). The molecule has 25 heavy (non-hydrogen) atoms. The topological polar surface area (TPSA) is 62.7 Å². The van der Waals surface area contributed by atoms with E-state index >= 15 is 0 Å². The lowest BCUT2D eigenvalue weighted by Crippen LogP contribution is -2.42. The Morgan fingerprint density at radius 2 is 2.12 bits per heavy atom. The summed E-state index contributed by atoms with van der Waals surface area (Å²) >= 11 is 0. The van der Waals surface area contributed by atoms with E-state index < -0.39 is 0 Å². The molecule has 2 aliphatic heterocycles. The Bertz CT molecular complexity index is 701. The van der Waals surface area contributed by atoms with E-state index in [1.54, 1.807) is 6.26 Å². The molecule has 0 saturated carbocycles. The van der Waals surface area contributed by atoms with Gasteiger partial charge in [0.25, 0.3) is 0 Å². The number of furan rings is 1. The largest absolute Gasteiger partial charge is 0.468 e. The molecule has 0 aliphatic carbocycles. The monoisotopic (exact) mass is 343 g/mol. The molecule has 6 heteroatoms. The van der Waals surface area contributed by atoms with Gasteiger partial charge in [-0.15, -0.1) is 0 Å². The van der Waals surface area contributed by atoms with E-state index in [1.807, 2.05) is 30.0 Å². The van der Waals surface area contributed by atoms with E-state index in [0.29, 0.717) is 5.91 Å². The zero-order valence-corrected chi connectivity index (χ0v) is 14.7. The van der Waals surface area contributed by atoms with E-state index in [4.69, 9.17) is 8.94 Å². The lowest BCUT2D eigenvalue weighted by atomic mass is 9.94. The second-order valence-electron chi connectivity index (χ2n) is 7.18. The van der Waals surface area contributed by atoms with Crippen LogP contribution in [-0.2, 0) is 11.3 Å². The first kappa shape index (κ1) is 16.4. The maximum Gasteiger partial charge on any atom is 0.226 e. The number of carbonyl (C=O) groups is 1. The van der Waals surface area contributed by atoms with Crippen LogP contribution >= 0.6 is 0 Å². The Morgan fingerprint density at radius 3 is 2.80 bits per heavy atom. The van der Waals surface area contributed by atoms with Crippen LogP contribution in [0.5, 0.6) is 0 Å². The Hall–Kier alpha value is -2.08. The molecule has 1 amide bonds. The standard InChI is InChI=1S/C19H25N3O3/c1-14-12-17(20-25-14)18-5-2-8-22(18)19(23)15-6-9-21(10-7-15)13-16-4-3-11-24-16/h3-4,11-12,15,18H,2,5-10,13H2,1H3/t18-/m0/s1. The van der Waals surface area contributed by atoms with Gasteiger partial charge in [0.1, 0.15) is 17.2 Å². The summed E-state index contributed by atoms with van der Waals surface area (Å²) in [6.07, 6.45) is 5.57. The van der Waals surface area contributed by atoms with Crippen molar-refractivity contribution < 1.29 is 13.7 Å². The van der Waals surface area contributed by atoms with Gasteiger partial charge in [-0.2, -0.15) is 0 Å². The van der Waals surface area contributed by atoms with Gasteiger partial charge >= 0.3 is 0 Å². The molecule has 4 heterocycles. The van der Waals surface area contributed by atoms with Gasteiger partial charge in [-0.05, 0) is 57.8 Å². The quantitative estimate of drug-likeness (QED) is 0.853. The molecule has 0 bridgehead atoms. The van der Waals surface area contributed by atoms with E-state index in [1.165, 1.54) is 0 Å². The summed E-state index contributed by atoms with van der Waals surface area (Å²) < 4.78 is 10.6. The normalized spacial score (nSPS) is 22.6. The molecule has 0 aromatic carbocycles. The van der Waals surface area contributed by atoms with Crippen molar-refractivity contribution in [3.05, 3.63) is 41.7 Å². The third-order valence-corrected chi connectivity index (χ3v) is 5.42. The summed E-state index contributed by atoms with van der Waals surface area (Å²) in [4.78, 5) is 17.4. The van der Waals surface area contributed by atoms with Crippen molar-refractivity contribution >= 4 is 5.91 Å². The lowest BCUT2D eigenvalue weighted by Gasteiger charge is -2.34. The minimum Gasteiger partial charge on any atom is -0.468 e. The van der Waals surface area contributed by atoms with E-state index in [-0.39, 0.29) is 12.0 Å². The zero-order valence-electron chi connectivity index (χ0n) is 14.7. The highest BCUT2D eigenvalue weighted by Crippen LogP contribution is 2.34. The number of piperidine rings is 1. The first-order valence-electron chi connectivity index (χ1n) is 9.19. The van der Waals surface area contributed by atoms with Crippen molar-refractivity contribution in [1.82, 2.24) is 15.0 Å². The molecule has 2 fully saturated rings. The number of likely N-dealkylation sites (tertiary alicyclic amines) is 2. The number of carbonyl (C=O) groups excluding carboxylic acids is 1. The third kappa shape index (κ3) is 3.49. The Morgan fingerprint density at radius 1 is 1.28 bits per heavy atom. The second kappa shape index (κ2) is 7.04. The highest BCUT2D eigenvalue weighted by atomic mass is 16.5. The van der Waals surface area contributed by atoms with Gasteiger partial charge in [-0.1, -0.05) is 5.16 Å². The number of aryl methyl sites for hydroxylation is 1. The van der Waals surface area contributed by atoms with E-state index in [9.17, 15) is 4.79 Å². The summed E-state index contributed by atoms with van der Waals surface area (Å²) in [5.74, 6) is 2.22. The van der Waals surface area contributed by atoms with Crippen LogP contribution in [0, 0.1) is 12.8 Å². The number of hydrogen-bond acceptors (Lipinski definition) is 5. The average Bonchev–Trinajstić information content (AvgIpc) is 3.36. The molecular weight excluding hydrogens is 318 g/mol. The van der Waals surface area contributed by atoms with Gasteiger partial charge in [-0.25, -0.2) is 0 Å². The molecule has 2 aromatic heterocycles. The van der Waals surface area contributed by atoms with Crippen LogP contribution in [0.1, 0.15) is 48.9 Å². The first-order chi connectivity index (χ1) is 12.2. The lowest BCUT2D eigenvalue weighted by molar-refractivity contribution is -0.138. The minimum atomic E-state index is 0.0890. The molecule has 1 atom stereocenters. The summed E-state index contributed by atoms with van der Waals surface area (Å²) in [7, 11) is 0. The molecule has 0 N–H and O–H groups in total. The van der Waals surface area contributed by atoms with Crippen LogP contribution in [0.2, 0.25) is 0 Å². The molecule has 2 aromatic rings. The van der Waals surface area contributed by atoms with Gasteiger partial charge in [0.15, 0.2) is 0 Å². The molecule has 0 unspecified atom stereocenters. The van der Waals surface area contributed by atoms with Crippen molar-refractivity contribution in [1.29, 1.82) is 0 Å². The molecule has 2 aliphatic rings. The highest BCUT2D eigenvalue weighted by Gasteiger charge is 2.36. The Kier molecular flexibility index (Phi) is 4.61. The minimum absolute atomic E-state index is 0.0890. The maximum absolute atomic E-state index is 13.0. The predicted octanol–water partition coefficient (Wildman–Crippen LogP) is 3.15. The highest BCUT2D eigenvalue weighted by molar-refractivity contribution is 5.79. The molecule has 134 valence electrons. The van der Waals surface area contributed by atoms with Crippen molar-refractivity contribution in [2.45, 2.75) is 45.2 Å². The molecule has 2 saturated heterocycles. The third-order valence-electron chi connectivity index (χ3n) is 5.42. The molecule has 0 spiro atoms. The van der Waals surface area contributed by atoms with Gasteiger partial charge < -0.3 is 13.8 Å². The first-order valence-corrected chi connectivity index (χ1v) is 9.19. The summed E-state index contributed by atoms with van der Waals surface area (Å²) in [6, 6.07) is 5.98. The van der Waals surface area contributed by atoms with Crippen LogP contribution in [0.3, 0.4) is 0 Å². The smallest absolute Gasteiger partial charge is 0.226 e. The summed E-state index contributed by atoms with van der Waals surface area (Å²) in [6.45, 7) is 5.45. The van der Waals surface area contributed by atoms with Crippen LogP contribution in [0.4, 0.5) is 0 Å². The van der Waals surface area contributed by atoms with Crippen LogP contribution in [0.15, 0.2) is 33.4 Å². The van der Waals surface area contributed by atoms with Crippen molar-refractivity contribution in [2.24, 2.45) is 5.92 Å². The van der Waals surface area contributed by atoms with Crippen molar-refractivity contribution in [3.8, 4) is 0 Å². The Labute approximate surface area is 147 Å². The van der Waals surface area contributed by atoms with Gasteiger partial charge in [-0.3, -0.25) is 9.69 Å². The van der Waals surface area contributed by atoms with Gasteiger partial charge in [0.05, 0.1) is 18.8 Å². The van der Waals surface area contributed by atoms with E-state index in [2.05, 4.69) is 10.1 Å². The number of hydrogen-bond donors (Lipinski definition) is 0. The fourth-order valence-electron chi connectivity index (χ4n) is 4.08. The summed E-state index contributed by atoms with van der Waals surface area (Å²) in [5.41, 5.74) is 0.901. The Balaban J connectivity index is 1.35. The molecule has 6 nitrogen and oxygen atoms in total. The number of rotatable bonds is 4. The number of nitrogens with zero attached hydrogens (tertiary/aromatic N) is 3. The van der Waals surface area contributed by atoms with Crippen molar-refractivity contribution in [2.75, 3.05) is 19.6 Å². The van der Waals surface area contributed by atoms with Crippen LogP contribution in [0.25, 0.3) is 0 Å². The zero-order chi connectivity index (χ0) is 17.2. The maximum atomic E-state index is 13.0. The second-order valence-corrected chi connectivity index (χ2v) is 7.18. The van der Waals surface area contributed by atoms with Crippen molar-refractivity contribution in [3.63, 3.8) is 0 Å². The van der Waals surface area contributed by atoms with E-state index in [0.717, 1.165) is 69.1 Å². The fraction of sp³-hybridized carbons (Fsp3) is 0.579. The van der Waals surface area contributed by atoms with Gasteiger partial charge in [0.2, 0.25) is 5.91 Å². The van der Waals surface area contributed by atoms with Crippen LogP contribution in [-0.4, -0.2) is 40.5 Å². The predicted molar refractivity (Wildman–Crippen MR) is 91.6 cm³/mol. The molecular formula is C19H25N3O3.